The highest BCUT2D eigenvalue weighted by Gasteiger charge is 2.26. The van der Waals surface area contributed by atoms with Gasteiger partial charge in [0.2, 0.25) is 11.8 Å². The SMILES string of the molecule is CC(C(=O)O)C(NC(=O)CCCC(=O)N(C)C)c1ccccc1. The maximum Gasteiger partial charge on any atom is 0.308 e. The molecule has 1 aromatic rings. The number of benzene rings is 1. The van der Waals surface area contributed by atoms with Crippen LogP contribution in [-0.2, 0) is 14.4 Å². The summed E-state index contributed by atoms with van der Waals surface area (Å²) in [5, 5.41) is 12.0. The van der Waals surface area contributed by atoms with Crippen LogP contribution < -0.4 is 5.32 Å². The number of hydrogen-bond donors (Lipinski definition) is 2. The van der Waals surface area contributed by atoms with Gasteiger partial charge in [0.1, 0.15) is 0 Å². The lowest BCUT2D eigenvalue weighted by Crippen LogP contribution is -2.35. The fourth-order valence-corrected chi connectivity index (χ4v) is 2.17. The number of carboxylic acids is 1. The van der Waals surface area contributed by atoms with Crippen molar-refractivity contribution in [1.82, 2.24) is 10.2 Å². The topological polar surface area (TPSA) is 86.7 Å². The zero-order valence-electron chi connectivity index (χ0n) is 13.8. The normalized spacial score (nSPS) is 13.0. The summed E-state index contributed by atoms with van der Waals surface area (Å²) in [6, 6.07) is 8.43. The van der Waals surface area contributed by atoms with E-state index in [4.69, 9.17) is 0 Å². The monoisotopic (exact) mass is 320 g/mol. The van der Waals surface area contributed by atoms with E-state index in [1.807, 2.05) is 6.07 Å². The van der Waals surface area contributed by atoms with E-state index in [-0.39, 0.29) is 18.2 Å². The minimum atomic E-state index is -0.970. The molecule has 0 saturated carbocycles. The van der Waals surface area contributed by atoms with Gasteiger partial charge in [0.25, 0.3) is 0 Å². The van der Waals surface area contributed by atoms with Crippen LogP contribution in [0.2, 0.25) is 0 Å². The molecule has 0 aromatic heterocycles. The Kier molecular flexibility index (Phi) is 7.25. The molecule has 2 N–H and O–H groups in total. The van der Waals surface area contributed by atoms with E-state index in [0.29, 0.717) is 12.8 Å². The lowest BCUT2D eigenvalue weighted by molar-refractivity contribution is -0.142. The van der Waals surface area contributed by atoms with Crippen molar-refractivity contribution in [2.75, 3.05) is 14.1 Å². The van der Waals surface area contributed by atoms with Gasteiger partial charge in [-0.25, -0.2) is 0 Å². The van der Waals surface area contributed by atoms with Crippen molar-refractivity contribution >= 4 is 17.8 Å². The summed E-state index contributed by atoms with van der Waals surface area (Å²) >= 11 is 0. The fourth-order valence-electron chi connectivity index (χ4n) is 2.17. The van der Waals surface area contributed by atoms with Gasteiger partial charge >= 0.3 is 5.97 Å². The van der Waals surface area contributed by atoms with E-state index in [2.05, 4.69) is 5.32 Å². The summed E-state index contributed by atoms with van der Waals surface area (Å²) in [6.45, 7) is 1.57. The second kappa shape index (κ2) is 8.92. The number of hydrogen-bond acceptors (Lipinski definition) is 3. The molecule has 6 heteroatoms. The zero-order chi connectivity index (χ0) is 17.4. The van der Waals surface area contributed by atoms with Gasteiger partial charge in [-0.1, -0.05) is 30.3 Å². The van der Waals surface area contributed by atoms with Crippen molar-refractivity contribution in [2.24, 2.45) is 5.92 Å². The van der Waals surface area contributed by atoms with Crippen molar-refractivity contribution in [1.29, 1.82) is 0 Å². The first-order valence-electron chi connectivity index (χ1n) is 7.60. The second-order valence-electron chi connectivity index (χ2n) is 5.72. The molecular formula is C17H24N2O4. The van der Waals surface area contributed by atoms with Gasteiger partial charge in [0.15, 0.2) is 0 Å². The number of amides is 2. The molecule has 0 saturated heterocycles. The molecule has 0 aliphatic rings. The highest BCUT2D eigenvalue weighted by atomic mass is 16.4. The molecule has 23 heavy (non-hydrogen) atoms. The Morgan fingerprint density at radius 3 is 2.26 bits per heavy atom. The Balaban J connectivity index is 2.65. The number of rotatable bonds is 8. The maximum atomic E-state index is 12.1. The van der Waals surface area contributed by atoms with Gasteiger partial charge in [-0.05, 0) is 18.9 Å². The molecule has 0 fully saturated rings. The minimum absolute atomic E-state index is 0.0312. The van der Waals surface area contributed by atoms with Gasteiger partial charge in [-0.2, -0.15) is 0 Å². The summed E-state index contributed by atoms with van der Waals surface area (Å²) in [7, 11) is 3.34. The third-order valence-corrected chi connectivity index (χ3v) is 3.66. The predicted octanol–water partition coefficient (Wildman–Crippen LogP) is 1.82. The molecule has 1 aromatic carbocycles. The van der Waals surface area contributed by atoms with Crippen LogP contribution in [0.15, 0.2) is 30.3 Å². The molecular weight excluding hydrogens is 296 g/mol. The Hall–Kier alpha value is -2.37. The van der Waals surface area contributed by atoms with Crippen LogP contribution in [0.5, 0.6) is 0 Å². The van der Waals surface area contributed by atoms with E-state index in [0.717, 1.165) is 5.56 Å². The van der Waals surface area contributed by atoms with Crippen LogP contribution in [-0.4, -0.2) is 41.9 Å². The molecule has 0 radical (unpaired) electrons. The fraction of sp³-hybridized carbons (Fsp3) is 0.471. The Morgan fingerprint density at radius 1 is 1.13 bits per heavy atom. The Labute approximate surface area is 136 Å². The maximum absolute atomic E-state index is 12.1. The van der Waals surface area contributed by atoms with Crippen LogP contribution in [0.1, 0.15) is 37.8 Å². The smallest absolute Gasteiger partial charge is 0.308 e. The zero-order valence-corrected chi connectivity index (χ0v) is 13.8. The first kappa shape index (κ1) is 18.7. The van der Waals surface area contributed by atoms with Gasteiger partial charge in [-0.3, -0.25) is 14.4 Å². The molecule has 126 valence electrons. The molecule has 0 spiro atoms. The van der Waals surface area contributed by atoms with Crippen molar-refractivity contribution in [3.8, 4) is 0 Å². The average molecular weight is 320 g/mol. The summed E-state index contributed by atoms with van der Waals surface area (Å²) in [6.07, 6.45) is 0.923. The molecule has 0 aliphatic heterocycles. The number of nitrogens with one attached hydrogen (secondary N) is 1. The third kappa shape index (κ3) is 6.10. The molecule has 0 bridgehead atoms. The van der Waals surface area contributed by atoms with Gasteiger partial charge in [0.05, 0.1) is 12.0 Å². The van der Waals surface area contributed by atoms with Crippen LogP contribution in [0, 0.1) is 5.92 Å². The Bertz CT molecular complexity index is 543. The van der Waals surface area contributed by atoms with Gasteiger partial charge < -0.3 is 15.3 Å². The standard InChI is InChI=1S/C17H24N2O4/c1-12(17(22)23)16(13-8-5-4-6-9-13)18-14(20)10-7-11-15(21)19(2)3/h4-6,8-9,12,16H,7,10-11H2,1-3H3,(H,18,20)(H,22,23). The van der Waals surface area contributed by atoms with Crippen molar-refractivity contribution in [3.63, 3.8) is 0 Å². The number of nitrogens with zero attached hydrogens (tertiary/aromatic N) is 1. The van der Waals surface area contributed by atoms with E-state index in [1.54, 1.807) is 45.3 Å². The van der Waals surface area contributed by atoms with Crippen molar-refractivity contribution < 1.29 is 19.5 Å². The Morgan fingerprint density at radius 2 is 1.74 bits per heavy atom. The highest BCUT2D eigenvalue weighted by molar-refractivity contribution is 5.80. The number of carbonyl (C=O) groups excluding carboxylic acids is 2. The number of carboxylic acid groups (broad SMARTS) is 1. The van der Waals surface area contributed by atoms with E-state index < -0.39 is 17.9 Å². The van der Waals surface area contributed by atoms with Gasteiger partial charge in [-0.15, -0.1) is 0 Å². The molecule has 6 nitrogen and oxygen atoms in total. The van der Waals surface area contributed by atoms with Crippen molar-refractivity contribution in [3.05, 3.63) is 35.9 Å². The average Bonchev–Trinajstić information content (AvgIpc) is 2.52. The molecule has 2 unspecified atom stereocenters. The molecule has 0 aliphatic carbocycles. The molecule has 2 amide bonds. The van der Waals surface area contributed by atoms with Crippen LogP contribution in [0.3, 0.4) is 0 Å². The lowest BCUT2D eigenvalue weighted by Gasteiger charge is -2.23. The number of aliphatic carboxylic acids is 1. The molecule has 0 heterocycles. The highest BCUT2D eigenvalue weighted by Crippen LogP contribution is 2.22. The summed E-state index contributed by atoms with van der Waals surface area (Å²) in [5.41, 5.74) is 0.750. The molecule has 1 rings (SSSR count). The third-order valence-electron chi connectivity index (χ3n) is 3.66. The first-order valence-corrected chi connectivity index (χ1v) is 7.60. The first-order chi connectivity index (χ1) is 10.8. The summed E-state index contributed by atoms with van der Waals surface area (Å²) in [5.74, 6) is -2.00. The summed E-state index contributed by atoms with van der Waals surface area (Å²) in [4.78, 5) is 36.3. The van der Waals surface area contributed by atoms with Crippen LogP contribution in [0.4, 0.5) is 0 Å². The predicted molar refractivity (Wildman–Crippen MR) is 86.7 cm³/mol. The second-order valence-corrected chi connectivity index (χ2v) is 5.72. The van der Waals surface area contributed by atoms with Crippen LogP contribution in [0.25, 0.3) is 0 Å². The van der Waals surface area contributed by atoms with E-state index in [9.17, 15) is 19.5 Å². The molecule has 2 atom stereocenters. The van der Waals surface area contributed by atoms with E-state index >= 15 is 0 Å². The van der Waals surface area contributed by atoms with Crippen LogP contribution >= 0.6 is 0 Å². The van der Waals surface area contributed by atoms with Gasteiger partial charge in [0, 0.05) is 26.9 Å². The lowest BCUT2D eigenvalue weighted by atomic mass is 9.94. The van der Waals surface area contributed by atoms with Crippen molar-refractivity contribution in [2.45, 2.75) is 32.2 Å². The number of carbonyl (C=O) groups is 3. The largest absolute Gasteiger partial charge is 0.481 e. The minimum Gasteiger partial charge on any atom is -0.481 e. The summed E-state index contributed by atoms with van der Waals surface area (Å²) < 4.78 is 0. The quantitative estimate of drug-likeness (QED) is 0.765. The van der Waals surface area contributed by atoms with E-state index in [1.165, 1.54) is 4.90 Å².